The minimum atomic E-state index is 0.247. The summed E-state index contributed by atoms with van der Waals surface area (Å²) in [4.78, 5) is 1.13. The lowest BCUT2D eigenvalue weighted by Crippen LogP contribution is -1.93. The van der Waals surface area contributed by atoms with Crippen LogP contribution < -0.4 is 14.2 Å². The molecule has 1 aromatic heterocycles. The Morgan fingerprint density at radius 1 is 1.35 bits per heavy atom. The lowest BCUT2D eigenvalue weighted by molar-refractivity contribution is 0.171. The van der Waals surface area contributed by atoms with Gasteiger partial charge >= 0.3 is 0 Å². The van der Waals surface area contributed by atoms with Gasteiger partial charge in [-0.1, -0.05) is 0 Å². The fourth-order valence-electron chi connectivity index (χ4n) is 1.83. The van der Waals surface area contributed by atoms with Gasteiger partial charge in [-0.25, -0.2) is 4.37 Å². The number of hydrogen-bond acceptors (Lipinski definition) is 5. The van der Waals surface area contributed by atoms with E-state index in [1.165, 1.54) is 11.5 Å². The Hall–Kier alpha value is -1.75. The van der Waals surface area contributed by atoms with E-state index in [-0.39, 0.29) is 6.79 Å². The van der Waals surface area contributed by atoms with Crippen LogP contribution in [0.25, 0.3) is 10.4 Å². The highest BCUT2D eigenvalue weighted by molar-refractivity contribution is 7.09. The zero-order valence-corrected chi connectivity index (χ0v) is 10.3. The van der Waals surface area contributed by atoms with E-state index in [1.807, 2.05) is 25.3 Å². The molecule has 0 N–H and O–H groups in total. The number of fused-ring (bicyclic) bond motifs is 1. The van der Waals surface area contributed by atoms with Gasteiger partial charge < -0.3 is 14.2 Å². The number of ether oxygens (including phenoxy) is 3. The van der Waals surface area contributed by atoms with Crippen LogP contribution in [0.3, 0.4) is 0 Å². The molecular weight excluding hydrogens is 238 g/mol. The Labute approximate surface area is 103 Å². The summed E-state index contributed by atoms with van der Waals surface area (Å²) in [6, 6.07) is 3.92. The van der Waals surface area contributed by atoms with Crippen molar-refractivity contribution in [3.05, 3.63) is 23.9 Å². The molecule has 0 radical (unpaired) electrons. The second-order valence-electron chi connectivity index (χ2n) is 3.75. The Kier molecular flexibility index (Phi) is 2.40. The van der Waals surface area contributed by atoms with E-state index in [9.17, 15) is 0 Å². The largest absolute Gasteiger partial charge is 0.493 e. The molecule has 1 aliphatic rings. The number of rotatable bonds is 2. The number of hydrogen-bond donors (Lipinski definition) is 0. The van der Waals surface area contributed by atoms with Crippen LogP contribution in [0.15, 0.2) is 18.3 Å². The van der Waals surface area contributed by atoms with E-state index >= 15 is 0 Å². The SMILES string of the molecule is COc1cc(-c2sncc2C)cc2c1OCO2. The lowest BCUT2D eigenvalue weighted by Gasteiger charge is -2.07. The van der Waals surface area contributed by atoms with Crippen LogP contribution in [-0.4, -0.2) is 18.3 Å². The maximum atomic E-state index is 5.40. The van der Waals surface area contributed by atoms with Crippen LogP contribution in [0.4, 0.5) is 0 Å². The summed E-state index contributed by atoms with van der Waals surface area (Å²) >= 11 is 1.47. The highest BCUT2D eigenvalue weighted by Gasteiger charge is 2.21. The summed E-state index contributed by atoms with van der Waals surface area (Å²) in [7, 11) is 1.63. The van der Waals surface area contributed by atoms with E-state index in [0.29, 0.717) is 11.5 Å². The molecule has 0 amide bonds. The molecule has 17 heavy (non-hydrogen) atoms. The maximum absolute atomic E-state index is 5.40. The molecule has 3 rings (SSSR count). The second-order valence-corrected chi connectivity index (χ2v) is 4.55. The third-order valence-corrected chi connectivity index (χ3v) is 3.62. The first-order valence-corrected chi connectivity index (χ1v) is 5.96. The molecule has 0 atom stereocenters. The summed E-state index contributed by atoms with van der Waals surface area (Å²) in [6.07, 6.45) is 1.86. The van der Waals surface area contributed by atoms with Crippen LogP contribution in [0.1, 0.15) is 5.56 Å². The quantitative estimate of drug-likeness (QED) is 0.820. The van der Waals surface area contributed by atoms with Crippen LogP contribution in [0.2, 0.25) is 0 Å². The molecule has 0 saturated heterocycles. The average Bonchev–Trinajstić information content (AvgIpc) is 2.95. The van der Waals surface area contributed by atoms with Gasteiger partial charge in [0.2, 0.25) is 12.5 Å². The second kappa shape index (κ2) is 3.92. The first kappa shape index (κ1) is 10.4. The summed E-state index contributed by atoms with van der Waals surface area (Å²) < 4.78 is 20.3. The number of nitrogens with zero attached hydrogens (tertiary/aromatic N) is 1. The van der Waals surface area contributed by atoms with Gasteiger partial charge in [0.15, 0.2) is 11.5 Å². The van der Waals surface area contributed by atoms with Crippen molar-refractivity contribution < 1.29 is 14.2 Å². The zero-order chi connectivity index (χ0) is 11.8. The van der Waals surface area contributed by atoms with Gasteiger partial charge in [0.25, 0.3) is 0 Å². The van der Waals surface area contributed by atoms with E-state index in [4.69, 9.17) is 14.2 Å². The number of aryl methyl sites for hydroxylation is 1. The molecule has 1 aromatic carbocycles. The van der Waals surface area contributed by atoms with Gasteiger partial charge in [0, 0.05) is 11.8 Å². The highest BCUT2D eigenvalue weighted by atomic mass is 32.1. The Morgan fingerprint density at radius 3 is 2.94 bits per heavy atom. The highest BCUT2D eigenvalue weighted by Crippen LogP contribution is 2.45. The monoisotopic (exact) mass is 249 g/mol. The predicted molar refractivity (Wildman–Crippen MR) is 65.0 cm³/mol. The molecule has 0 bridgehead atoms. The third kappa shape index (κ3) is 1.63. The summed E-state index contributed by atoms with van der Waals surface area (Å²) in [5.41, 5.74) is 2.20. The van der Waals surface area contributed by atoms with Crippen LogP contribution in [0.5, 0.6) is 17.2 Å². The van der Waals surface area contributed by atoms with E-state index in [2.05, 4.69) is 4.37 Å². The lowest BCUT2D eigenvalue weighted by atomic mass is 10.1. The van der Waals surface area contributed by atoms with E-state index in [0.717, 1.165) is 21.8 Å². The molecule has 0 aliphatic carbocycles. The van der Waals surface area contributed by atoms with Gasteiger partial charge in [0.05, 0.1) is 12.0 Å². The molecule has 1 aliphatic heterocycles. The fourth-order valence-corrected chi connectivity index (χ4v) is 2.57. The van der Waals surface area contributed by atoms with Crippen molar-refractivity contribution in [2.45, 2.75) is 6.92 Å². The number of benzene rings is 1. The van der Waals surface area contributed by atoms with E-state index < -0.39 is 0 Å². The molecule has 88 valence electrons. The van der Waals surface area contributed by atoms with Crippen molar-refractivity contribution in [1.82, 2.24) is 4.37 Å². The molecule has 0 saturated carbocycles. The van der Waals surface area contributed by atoms with Crippen molar-refractivity contribution >= 4 is 11.5 Å². The minimum Gasteiger partial charge on any atom is -0.493 e. The minimum absolute atomic E-state index is 0.247. The smallest absolute Gasteiger partial charge is 0.231 e. The maximum Gasteiger partial charge on any atom is 0.231 e. The first-order chi connectivity index (χ1) is 8.29. The molecule has 0 unspecified atom stereocenters. The predicted octanol–water partition coefficient (Wildman–Crippen LogP) is 2.86. The van der Waals surface area contributed by atoms with Crippen LogP contribution in [0, 0.1) is 6.92 Å². The van der Waals surface area contributed by atoms with Gasteiger partial charge in [-0.3, -0.25) is 0 Å². The van der Waals surface area contributed by atoms with Gasteiger partial charge in [-0.2, -0.15) is 0 Å². The van der Waals surface area contributed by atoms with Gasteiger partial charge in [0.1, 0.15) is 0 Å². The van der Waals surface area contributed by atoms with Crippen molar-refractivity contribution in [2.24, 2.45) is 0 Å². The summed E-state index contributed by atoms with van der Waals surface area (Å²) in [5.74, 6) is 2.10. The molecule has 5 heteroatoms. The standard InChI is InChI=1S/C12H11NO3S/c1-7-5-13-17-12(7)8-3-9(14-2)11-10(4-8)15-6-16-11/h3-5H,6H2,1-2H3. The molecule has 0 spiro atoms. The fraction of sp³-hybridized carbons (Fsp3) is 0.250. The van der Waals surface area contributed by atoms with Crippen LogP contribution >= 0.6 is 11.5 Å². The van der Waals surface area contributed by atoms with Crippen molar-refractivity contribution in [1.29, 1.82) is 0 Å². The normalized spacial score (nSPS) is 12.8. The average molecular weight is 249 g/mol. The van der Waals surface area contributed by atoms with Gasteiger partial charge in [-0.15, -0.1) is 0 Å². The Morgan fingerprint density at radius 2 is 2.24 bits per heavy atom. The topological polar surface area (TPSA) is 40.6 Å². The van der Waals surface area contributed by atoms with E-state index in [1.54, 1.807) is 7.11 Å². The molecule has 2 aromatic rings. The van der Waals surface area contributed by atoms with Crippen LogP contribution in [-0.2, 0) is 0 Å². The summed E-state index contributed by atoms with van der Waals surface area (Å²) in [6.45, 7) is 2.28. The third-order valence-electron chi connectivity index (χ3n) is 2.67. The Bertz CT molecular complexity index is 565. The molecule has 0 fully saturated rings. The Balaban J connectivity index is 2.16. The van der Waals surface area contributed by atoms with Crippen molar-refractivity contribution in [2.75, 3.05) is 13.9 Å². The molecule has 4 nitrogen and oxygen atoms in total. The molecule has 2 heterocycles. The van der Waals surface area contributed by atoms with Crippen molar-refractivity contribution in [3.63, 3.8) is 0 Å². The number of methoxy groups -OCH3 is 1. The molecular formula is C12H11NO3S. The summed E-state index contributed by atoms with van der Waals surface area (Å²) in [5, 5.41) is 0. The van der Waals surface area contributed by atoms with Gasteiger partial charge in [-0.05, 0) is 36.2 Å². The first-order valence-electron chi connectivity index (χ1n) is 5.19. The number of aromatic nitrogens is 1. The zero-order valence-electron chi connectivity index (χ0n) is 9.52. The van der Waals surface area contributed by atoms with Crippen molar-refractivity contribution in [3.8, 4) is 27.7 Å².